The van der Waals surface area contributed by atoms with E-state index < -0.39 is 0 Å². The van der Waals surface area contributed by atoms with Gasteiger partial charge >= 0.3 is 5.97 Å². The van der Waals surface area contributed by atoms with Gasteiger partial charge in [0.15, 0.2) is 5.82 Å². The normalized spacial score (nSPS) is 13.7. The average molecular weight is 270 g/mol. The summed E-state index contributed by atoms with van der Waals surface area (Å²) < 4.78 is 6.44. The highest BCUT2D eigenvalue weighted by Gasteiger charge is 2.23. The molecule has 1 aromatic carbocycles. The third-order valence-electron chi connectivity index (χ3n) is 3.20. The van der Waals surface area contributed by atoms with Gasteiger partial charge in [-0.05, 0) is 6.92 Å². The maximum Gasteiger partial charge on any atom is 0.337 e. The van der Waals surface area contributed by atoms with E-state index in [0.717, 1.165) is 11.3 Å². The number of hydrogen-bond acceptors (Lipinski definition) is 5. The summed E-state index contributed by atoms with van der Waals surface area (Å²) in [6.07, 6.45) is 0. The van der Waals surface area contributed by atoms with Crippen LogP contribution in [0.5, 0.6) is 0 Å². The number of benzene rings is 1. The maximum absolute atomic E-state index is 11.7. The number of aromatic nitrogens is 3. The molecule has 0 fully saturated rings. The summed E-state index contributed by atoms with van der Waals surface area (Å²) in [5.41, 5.74) is 2.24. The Morgan fingerprint density at radius 2 is 2.10 bits per heavy atom. The highest BCUT2D eigenvalue weighted by Crippen LogP contribution is 2.24. The first kappa shape index (κ1) is 12.4. The number of carbonyl (C=O) groups excluding carboxylic acids is 1. The van der Waals surface area contributed by atoms with Gasteiger partial charge in [-0.1, -0.05) is 30.3 Å². The summed E-state index contributed by atoms with van der Waals surface area (Å²) >= 11 is 0. The lowest BCUT2D eigenvalue weighted by molar-refractivity contribution is -0.136. The molecule has 1 aromatic heterocycles. The van der Waals surface area contributed by atoms with Crippen molar-refractivity contribution in [1.82, 2.24) is 14.8 Å². The van der Waals surface area contributed by atoms with Gasteiger partial charge in [-0.3, -0.25) is 0 Å². The minimum Gasteiger partial charge on any atom is -0.466 e. The van der Waals surface area contributed by atoms with Crippen LogP contribution in [-0.4, -0.2) is 27.8 Å². The molecule has 3 rings (SSSR count). The zero-order valence-corrected chi connectivity index (χ0v) is 11.3. The molecule has 0 atom stereocenters. The van der Waals surface area contributed by atoms with E-state index in [4.69, 9.17) is 4.74 Å². The first-order chi connectivity index (χ1) is 9.69. The van der Waals surface area contributed by atoms with E-state index in [-0.39, 0.29) is 5.97 Å². The molecule has 2 heterocycles. The lowest BCUT2D eigenvalue weighted by atomic mass is 10.2. The summed E-state index contributed by atoms with van der Waals surface area (Å²) in [5.74, 6) is 0.915. The van der Waals surface area contributed by atoms with Crippen LogP contribution in [0.2, 0.25) is 0 Å². The third-order valence-corrected chi connectivity index (χ3v) is 3.20. The summed E-state index contributed by atoms with van der Waals surface area (Å²) in [4.78, 5) is 16.1. The topological polar surface area (TPSA) is 69.0 Å². The van der Waals surface area contributed by atoms with Crippen LogP contribution in [0.15, 0.2) is 41.6 Å². The summed E-state index contributed by atoms with van der Waals surface area (Å²) in [6, 6.07) is 9.71. The highest BCUT2D eigenvalue weighted by molar-refractivity contribution is 5.90. The van der Waals surface area contributed by atoms with Gasteiger partial charge in [-0.15, -0.1) is 5.10 Å². The lowest BCUT2D eigenvalue weighted by Crippen LogP contribution is -2.23. The number of methoxy groups -OCH3 is 1. The Morgan fingerprint density at radius 3 is 2.80 bits per heavy atom. The van der Waals surface area contributed by atoms with E-state index >= 15 is 0 Å². The van der Waals surface area contributed by atoms with Crippen molar-refractivity contribution in [3.05, 3.63) is 41.6 Å². The van der Waals surface area contributed by atoms with Crippen molar-refractivity contribution in [2.75, 3.05) is 12.4 Å². The van der Waals surface area contributed by atoms with Gasteiger partial charge in [-0.2, -0.15) is 4.98 Å². The van der Waals surface area contributed by atoms with E-state index in [9.17, 15) is 4.79 Å². The first-order valence-electron chi connectivity index (χ1n) is 6.24. The number of rotatable bonds is 2. The standard InChI is InChI=1S/C14H14N4O2/c1-9-11(13(19)20-2)8-18-14(15-9)16-12(17-18)10-6-4-3-5-7-10/h3-7H,8H2,1-2H3,(H,15,16,17). The fourth-order valence-corrected chi connectivity index (χ4v) is 2.11. The van der Waals surface area contributed by atoms with Gasteiger partial charge < -0.3 is 10.1 Å². The van der Waals surface area contributed by atoms with Crippen molar-refractivity contribution >= 4 is 11.9 Å². The molecule has 0 aliphatic carbocycles. The number of fused-ring (bicyclic) bond motifs is 1. The second kappa shape index (κ2) is 4.80. The second-order valence-electron chi connectivity index (χ2n) is 4.50. The van der Waals surface area contributed by atoms with Gasteiger partial charge in [0, 0.05) is 11.3 Å². The van der Waals surface area contributed by atoms with Crippen molar-refractivity contribution in [1.29, 1.82) is 0 Å². The van der Waals surface area contributed by atoms with Gasteiger partial charge in [0.25, 0.3) is 0 Å². The molecule has 0 spiro atoms. The largest absolute Gasteiger partial charge is 0.466 e. The van der Waals surface area contributed by atoms with Crippen molar-refractivity contribution in [2.24, 2.45) is 0 Å². The molecule has 20 heavy (non-hydrogen) atoms. The van der Waals surface area contributed by atoms with E-state index in [1.54, 1.807) is 4.68 Å². The minimum atomic E-state index is -0.350. The predicted octanol–water partition coefficient (Wildman–Crippen LogP) is 1.82. The van der Waals surface area contributed by atoms with Crippen molar-refractivity contribution in [2.45, 2.75) is 13.5 Å². The summed E-state index contributed by atoms with van der Waals surface area (Å²) in [5, 5.41) is 7.51. The first-order valence-corrected chi connectivity index (χ1v) is 6.24. The zero-order valence-electron chi connectivity index (χ0n) is 11.3. The lowest BCUT2D eigenvalue weighted by Gasteiger charge is -2.18. The molecule has 0 amide bonds. The zero-order chi connectivity index (χ0) is 14.1. The molecule has 102 valence electrons. The molecule has 0 unspecified atom stereocenters. The quantitative estimate of drug-likeness (QED) is 0.843. The molecular formula is C14H14N4O2. The van der Waals surface area contributed by atoms with Gasteiger partial charge in [0.05, 0.1) is 19.2 Å². The number of esters is 1. The Morgan fingerprint density at radius 1 is 1.35 bits per heavy atom. The van der Waals surface area contributed by atoms with E-state index in [1.807, 2.05) is 37.3 Å². The number of ether oxygens (including phenoxy) is 1. The molecule has 2 aromatic rings. The SMILES string of the molecule is COC(=O)C1=C(C)Nc2nc(-c3ccccc3)nn2C1. The number of carbonyl (C=O) groups is 1. The maximum atomic E-state index is 11.7. The number of allylic oxidation sites excluding steroid dienone is 1. The number of anilines is 1. The Bertz CT molecular complexity index is 688. The Labute approximate surface area is 116 Å². The predicted molar refractivity (Wildman–Crippen MR) is 73.8 cm³/mol. The van der Waals surface area contributed by atoms with Crippen molar-refractivity contribution in [3.63, 3.8) is 0 Å². The highest BCUT2D eigenvalue weighted by atomic mass is 16.5. The van der Waals surface area contributed by atoms with Crippen LogP contribution in [0, 0.1) is 0 Å². The van der Waals surface area contributed by atoms with E-state index in [1.165, 1.54) is 7.11 Å². The fraction of sp³-hybridized carbons (Fsp3) is 0.214. The molecule has 0 radical (unpaired) electrons. The number of hydrogen-bond donors (Lipinski definition) is 1. The monoisotopic (exact) mass is 270 g/mol. The van der Waals surface area contributed by atoms with Crippen LogP contribution < -0.4 is 5.32 Å². The van der Waals surface area contributed by atoms with Gasteiger partial charge in [-0.25, -0.2) is 9.48 Å². The number of nitrogens with zero attached hydrogens (tertiary/aromatic N) is 3. The Balaban J connectivity index is 1.94. The van der Waals surface area contributed by atoms with Crippen LogP contribution in [0.3, 0.4) is 0 Å². The molecule has 0 saturated carbocycles. The summed E-state index contributed by atoms with van der Waals surface area (Å²) in [6.45, 7) is 2.19. The third kappa shape index (κ3) is 2.05. The smallest absolute Gasteiger partial charge is 0.337 e. The minimum absolute atomic E-state index is 0.350. The van der Waals surface area contributed by atoms with E-state index in [0.29, 0.717) is 23.9 Å². The number of nitrogens with one attached hydrogen (secondary N) is 1. The van der Waals surface area contributed by atoms with Crippen molar-refractivity contribution in [3.8, 4) is 11.4 Å². The Hall–Kier alpha value is -2.63. The fourth-order valence-electron chi connectivity index (χ4n) is 2.11. The average Bonchev–Trinajstić information content (AvgIpc) is 2.89. The second-order valence-corrected chi connectivity index (χ2v) is 4.50. The van der Waals surface area contributed by atoms with Gasteiger partial charge in [0.1, 0.15) is 0 Å². The molecule has 0 bridgehead atoms. The molecule has 0 saturated heterocycles. The van der Waals surface area contributed by atoms with Crippen molar-refractivity contribution < 1.29 is 9.53 Å². The molecule has 1 aliphatic rings. The molecule has 6 heteroatoms. The van der Waals surface area contributed by atoms with E-state index in [2.05, 4.69) is 15.4 Å². The molecule has 1 aliphatic heterocycles. The van der Waals surface area contributed by atoms with Crippen LogP contribution in [0.25, 0.3) is 11.4 Å². The van der Waals surface area contributed by atoms with Crippen LogP contribution >= 0.6 is 0 Å². The Kier molecular flexibility index (Phi) is 2.98. The summed E-state index contributed by atoms with van der Waals surface area (Å²) in [7, 11) is 1.37. The molecule has 6 nitrogen and oxygen atoms in total. The van der Waals surface area contributed by atoms with Crippen LogP contribution in [0.4, 0.5) is 5.95 Å². The molecular weight excluding hydrogens is 256 g/mol. The van der Waals surface area contributed by atoms with Gasteiger partial charge in [0.2, 0.25) is 5.95 Å². The molecule has 1 N–H and O–H groups in total. The van der Waals surface area contributed by atoms with Crippen LogP contribution in [0.1, 0.15) is 6.92 Å². The van der Waals surface area contributed by atoms with Crippen LogP contribution in [-0.2, 0) is 16.1 Å².